The van der Waals surface area contributed by atoms with Crippen molar-refractivity contribution in [3.8, 4) is 0 Å². The first kappa shape index (κ1) is 19.0. The van der Waals surface area contributed by atoms with Crippen LogP contribution >= 0.6 is 0 Å². The van der Waals surface area contributed by atoms with E-state index in [9.17, 15) is 9.59 Å². The molecule has 1 rings (SSSR count). The van der Waals surface area contributed by atoms with E-state index in [4.69, 9.17) is 0 Å². The Kier molecular flexibility index (Phi) is 6.57. The van der Waals surface area contributed by atoms with Gasteiger partial charge in [-0.3, -0.25) is 15.0 Å². The van der Waals surface area contributed by atoms with E-state index in [0.29, 0.717) is 6.54 Å². The average molecular weight is 320 g/mol. The zero-order valence-electron chi connectivity index (χ0n) is 14.9. The van der Waals surface area contributed by atoms with Gasteiger partial charge in [-0.15, -0.1) is 0 Å². The lowest BCUT2D eigenvalue weighted by atomic mass is 10.1. The third-order valence-electron chi connectivity index (χ3n) is 3.06. The van der Waals surface area contributed by atoms with Crippen molar-refractivity contribution >= 4 is 17.6 Å². The minimum absolute atomic E-state index is 0.160. The summed E-state index contributed by atoms with van der Waals surface area (Å²) >= 11 is 0. The molecule has 0 aromatic heterocycles. The summed E-state index contributed by atoms with van der Waals surface area (Å²) in [5.41, 5.74) is 1.88. The Morgan fingerprint density at radius 2 is 1.61 bits per heavy atom. The van der Waals surface area contributed by atoms with Crippen molar-refractivity contribution in [3.05, 3.63) is 29.8 Å². The van der Waals surface area contributed by atoms with E-state index in [1.165, 1.54) is 0 Å². The highest BCUT2D eigenvalue weighted by molar-refractivity contribution is 5.95. The highest BCUT2D eigenvalue weighted by atomic mass is 16.2. The first-order chi connectivity index (χ1) is 10.6. The van der Waals surface area contributed by atoms with Crippen LogP contribution < -0.4 is 15.5 Å². The van der Waals surface area contributed by atoms with Crippen molar-refractivity contribution in [1.29, 1.82) is 0 Å². The molecule has 0 fully saturated rings. The van der Waals surface area contributed by atoms with Crippen molar-refractivity contribution in [3.63, 3.8) is 0 Å². The first-order valence-corrected chi connectivity index (χ1v) is 7.63. The van der Waals surface area contributed by atoms with Crippen molar-refractivity contribution in [2.45, 2.75) is 32.9 Å². The second-order valence-corrected chi connectivity index (χ2v) is 6.99. The van der Waals surface area contributed by atoms with Crippen LogP contribution in [0.2, 0.25) is 0 Å². The Labute approximate surface area is 138 Å². The molecule has 3 amide bonds. The number of carbonyl (C=O) groups is 2. The molecule has 0 aliphatic rings. The Hall–Kier alpha value is -2.08. The molecular formula is C17H28N4O2. The molecular weight excluding hydrogens is 292 g/mol. The smallest absolute Gasteiger partial charge is 0.321 e. The third kappa shape index (κ3) is 7.65. The van der Waals surface area contributed by atoms with Gasteiger partial charge in [0.05, 0.1) is 6.54 Å². The maximum Gasteiger partial charge on any atom is 0.321 e. The molecule has 0 atom stereocenters. The Bertz CT molecular complexity index is 533. The van der Waals surface area contributed by atoms with Crippen molar-refractivity contribution in [1.82, 2.24) is 15.5 Å². The molecule has 23 heavy (non-hydrogen) atoms. The highest BCUT2D eigenvalue weighted by Crippen LogP contribution is 2.13. The van der Waals surface area contributed by atoms with E-state index in [0.717, 1.165) is 11.3 Å². The standard InChI is InChI=1S/C17H28N4O2/c1-17(2,3)19-16(23)18-15(22)12-21(6)11-13-7-9-14(10-8-13)20(4)5/h7-10H,11-12H2,1-6H3,(H2,18,19,22,23). The predicted molar refractivity (Wildman–Crippen MR) is 93.5 cm³/mol. The molecule has 0 bridgehead atoms. The maximum atomic E-state index is 11.9. The van der Waals surface area contributed by atoms with E-state index in [1.54, 1.807) is 0 Å². The molecule has 6 nitrogen and oxygen atoms in total. The molecule has 0 radical (unpaired) electrons. The lowest BCUT2D eigenvalue weighted by molar-refractivity contribution is -0.121. The number of hydrogen-bond acceptors (Lipinski definition) is 4. The van der Waals surface area contributed by atoms with Crippen LogP contribution in [0.4, 0.5) is 10.5 Å². The van der Waals surface area contributed by atoms with Crippen molar-refractivity contribution in [2.75, 3.05) is 32.6 Å². The normalized spacial score (nSPS) is 11.3. The molecule has 128 valence electrons. The molecule has 0 heterocycles. The lowest BCUT2D eigenvalue weighted by Gasteiger charge is -2.21. The molecule has 0 unspecified atom stereocenters. The summed E-state index contributed by atoms with van der Waals surface area (Å²) in [5, 5.41) is 5.04. The van der Waals surface area contributed by atoms with E-state index in [1.807, 2.05) is 76.0 Å². The zero-order chi connectivity index (χ0) is 17.6. The van der Waals surface area contributed by atoms with Gasteiger partial charge in [-0.2, -0.15) is 0 Å². The van der Waals surface area contributed by atoms with Gasteiger partial charge in [-0.1, -0.05) is 12.1 Å². The number of nitrogens with zero attached hydrogens (tertiary/aromatic N) is 2. The number of anilines is 1. The Morgan fingerprint density at radius 3 is 2.09 bits per heavy atom. The van der Waals surface area contributed by atoms with Gasteiger partial charge >= 0.3 is 6.03 Å². The van der Waals surface area contributed by atoms with Gasteiger partial charge in [-0.25, -0.2) is 4.79 Å². The quantitative estimate of drug-likeness (QED) is 0.868. The fraction of sp³-hybridized carbons (Fsp3) is 0.529. The molecule has 0 aliphatic heterocycles. The minimum Gasteiger partial charge on any atom is -0.378 e. The molecule has 0 aliphatic carbocycles. The number of benzene rings is 1. The number of hydrogen-bond donors (Lipinski definition) is 2. The first-order valence-electron chi connectivity index (χ1n) is 7.63. The second-order valence-electron chi connectivity index (χ2n) is 6.99. The van der Waals surface area contributed by atoms with Crippen LogP contribution in [0, 0.1) is 0 Å². The molecule has 0 saturated heterocycles. The van der Waals surface area contributed by atoms with Crippen LogP contribution in [0.25, 0.3) is 0 Å². The SMILES string of the molecule is CN(CC(=O)NC(=O)NC(C)(C)C)Cc1ccc(N(C)C)cc1. The van der Waals surface area contributed by atoms with E-state index >= 15 is 0 Å². The highest BCUT2D eigenvalue weighted by Gasteiger charge is 2.16. The monoisotopic (exact) mass is 320 g/mol. The Morgan fingerprint density at radius 1 is 1.04 bits per heavy atom. The van der Waals surface area contributed by atoms with Gasteiger partial charge in [0.25, 0.3) is 0 Å². The summed E-state index contributed by atoms with van der Waals surface area (Å²) in [4.78, 5) is 27.4. The number of carbonyl (C=O) groups excluding carboxylic acids is 2. The van der Waals surface area contributed by atoms with Gasteiger partial charge in [0, 0.05) is 31.9 Å². The molecule has 6 heteroatoms. The average Bonchev–Trinajstić information content (AvgIpc) is 2.36. The molecule has 0 saturated carbocycles. The molecule has 1 aromatic carbocycles. The summed E-state index contributed by atoms with van der Waals surface area (Å²) in [5.74, 6) is -0.320. The van der Waals surface area contributed by atoms with E-state index in [-0.39, 0.29) is 18.0 Å². The zero-order valence-corrected chi connectivity index (χ0v) is 14.9. The van der Waals surface area contributed by atoms with Gasteiger partial charge in [-0.05, 0) is 45.5 Å². The number of imide groups is 1. The fourth-order valence-electron chi connectivity index (χ4n) is 2.05. The van der Waals surface area contributed by atoms with Crippen LogP contribution in [-0.4, -0.2) is 50.1 Å². The second kappa shape index (κ2) is 7.97. The predicted octanol–water partition coefficient (Wildman–Crippen LogP) is 1.81. The van der Waals surface area contributed by atoms with Crippen LogP contribution in [0.5, 0.6) is 0 Å². The van der Waals surface area contributed by atoms with Crippen molar-refractivity contribution in [2.24, 2.45) is 0 Å². The minimum atomic E-state index is -0.466. The summed E-state index contributed by atoms with van der Waals surface area (Å²) < 4.78 is 0. The number of nitrogens with one attached hydrogen (secondary N) is 2. The largest absolute Gasteiger partial charge is 0.378 e. The fourth-order valence-corrected chi connectivity index (χ4v) is 2.05. The third-order valence-corrected chi connectivity index (χ3v) is 3.06. The Balaban J connectivity index is 2.45. The van der Waals surface area contributed by atoms with Gasteiger partial charge in [0.15, 0.2) is 0 Å². The van der Waals surface area contributed by atoms with Crippen LogP contribution in [0.15, 0.2) is 24.3 Å². The van der Waals surface area contributed by atoms with Crippen LogP contribution in [0.3, 0.4) is 0 Å². The van der Waals surface area contributed by atoms with Crippen molar-refractivity contribution < 1.29 is 9.59 Å². The summed E-state index contributed by atoms with van der Waals surface area (Å²) in [6.07, 6.45) is 0. The topological polar surface area (TPSA) is 64.7 Å². The number of urea groups is 1. The van der Waals surface area contributed by atoms with Crippen LogP contribution in [-0.2, 0) is 11.3 Å². The summed E-state index contributed by atoms with van der Waals surface area (Å²) in [6.45, 7) is 6.39. The van der Waals surface area contributed by atoms with E-state index in [2.05, 4.69) is 10.6 Å². The van der Waals surface area contributed by atoms with Gasteiger partial charge in [0.1, 0.15) is 0 Å². The van der Waals surface area contributed by atoms with E-state index < -0.39 is 6.03 Å². The number of rotatable bonds is 5. The van der Waals surface area contributed by atoms with Crippen LogP contribution in [0.1, 0.15) is 26.3 Å². The summed E-state index contributed by atoms with van der Waals surface area (Å²) in [6, 6.07) is 7.69. The summed E-state index contributed by atoms with van der Waals surface area (Å²) in [7, 11) is 5.84. The number of likely N-dealkylation sites (N-methyl/N-ethyl adjacent to an activating group) is 1. The van der Waals surface area contributed by atoms with Gasteiger partial charge < -0.3 is 10.2 Å². The molecule has 1 aromatic rings. The van der Waals surface area contributed by atoms with Gasteiger partial charge in [0.2, 0.25) is 5.91 Å². The molecule has 2 N–H and O–H groups in total. The molecule has 0 spiro atoms. The maximum absolute atomic E-state index is 11.9. The number of amides is 3. The lowest BCUT2D eigenvalue weighted by Crippen LogP contribution is -2.50.